The van der Waals surface area contributed by atoms with Crippen LogP contribution in [-0.4, -0.2) is 45.9 Å². The third kappa shape index (κ3) is 5.02. The van der Waals surface area contributed by atoms with Crippen LogP contribution in [0.3, 0.4) is 0 Å². The summed E-state index contributed by atoms with van der Waals surface area (Å²) in [6.07, 6.45) is 0.182. The van der Waals surface area contributed by atoms with Crippen LogP contribution < -0.4 is 4.74 Å². The maximum Gasteiger partial charge on any atom is 0.422 e. The average molecular weight is 361 g/mol. The lowest BCUT2D eigenvalue weighted by molar-refractivity contribution is -0.153. The molecule has 132 valence electrons. The maximum absolute atomic E-state index is 12.4. The predicted molar refractivity (Wildman–Crippen MR) is 85.5 cm³/mol. The van der Waals surface area contributed by atoms with Crippen molar-refractivity contribution in [2.75, 3.05) is 26.5 Å². The van der Waals surface area contributed by atoms with E-state index in [2.05, 4.69) is 0 Å². The van der Waals surface area contributed by atoms with E-state index in [0.717, 1.165) is 24.4 Å². The summed E-state index contributed by atoms with van der Waals surface area (Å²) in [6.45, 7) is 1.17. The second kappa shape index (κ2) is 6.51. The van der Waals surface area contributed by atoms with Gasteiger partial charge in [0.25, 0.3) is 0 Å². The molecule has 0 aliphatic carbocycles. The number of alkyl halides is 3. The van der Waals surface area contributed by atoms with Crippen LogP contribution in [-0.2, 0) is 9.84 Å². The summed E-state index contributed by atoms with van der Waals surface area (Å²) in [5.74, 6) is -0.134. The second-order valence-corrected chi connectivity index (χ2v) is 7.88. The Morgan fingerprint density at radius 2 is 1.92 bits per heavy atom. The number of nitrogens with zero attached hydrogens (tertiary/aromatic N) is 1. The molecule has 1 aliphatic rings. The van der Waals surface area contributed by atoms with Crippen molar-refractivity contribution in [1.82, 2.24) is 4.90 Å². The fraction of sp³-hybridized carbons (Fsp3) is 0.375. The highest BCUT2D eigenvalue weighted by molar-refractivity contribution is 7.90. The van der Waals surface area contributed by atoms with Gasteiger partial charge >= 0.3 is 6.18 Å². The molecule has 0 bridgehead atoms. The zero-order valence-electron chi connectivity index (χ0n) is 13.5. The minimum Gasteiger partial charge on any atom is -0.484 e. The molecule has 1 heterocycles. The Kier molecular flexibility index (Phi) is 4.98. The van der Waals surface area contributed by atoms with E-state index in [1.807, 2.05) is 31.1 Å². The fourth-order valence-corrected chi connectivity index (χ4v) is 3.05. The van der Waals surface area contributed by atoms with E-state index >= 15 is 0 Å². The lowest BCUT2D eigenvalue weighted by atomic mass is 10.0. The van der Waals surface area contributed by atoms with Gasteiger partial charge in [0.15, 0.2) is 16.4 Å². The molecule has 0 spiro atoms. The Morgan fingerprint density at radius 1 is 1.25 bits per heavy atom. The SMILES string of the molecule is CC1=CC(c2cc(OCC(F)(F)F)cc(S(C)(=O)=O)c2)=CN(C)C1. The highest BCUT2D eigenvalue weighted by atomic mass is 32.2. The zero-order chi connectivity index (χ0) is 18.1. The standard InChI is InChI=1S/C16H18F3NO3S/c1-11-4-13(9-20(2)8-11)12-5-14(23-10-16(17,18)19)7-15(6-12)24(3,21)22/h4-7,9H,8,10H2,1-3H3. The monoisotopic (exact) mass is 361 g/mol. The summed E-state index contributed by atoms with van der Waals surface area (Å²) in [4.78, 5) is 1.82. The van der Waals surface area contributed by atoms with Gasteiger partial charge < -0.3 is 9.64 Å². The zero-order valence-corrected chi connectivity index (χ0v) is 14.3. The van der Waals surface area contributed by atoms with Crippen molar-refractivity contribution in [3.05, 3.63) is 41.6 Å². The number of likely N-dealkylation sites (N-methyl/N-ethyl adjacent to an activating group) is 1. The fourth-order valence-electron chi connectivity index (χ4n) is 2.38. The van der Waals surface area contributed by atoms with Crippen molar-refractivity contribution in [2.24, 2.45) is 0 Å². The summed E-state index contributed by atoms with van der Waals surface area (Å²) in [5, 5.41) is 0. The van der Waals surface area contributed by atoms with Crippen molar-refractivity contribution < 1.29 is 26.3 Å². The predicted octanol–water partition coefficient (Wildman–Crippen LogP) is 3.26. The van der Waals surface area contributed by atoms with Gasteiger partial charge in [0.2, 0.25) is 0 Å². The molecule has 1 aromatic rings. The smallest absolute Gasteiger partial charge is 0.422 e. The van der Waals surface area contributed by atoms with Crippen LogP contribution in [0.2, 0.25) is 0 Å². The molecule has 0 saturated carbocycles. The van der Waals surface area contributed by atoms with Crippen molar-refractivity contribution in [3.8, 4) is 5.75 Å². The van der Waals surface area contributed by atoms with Gasteiger partial charge in [-0.25, -0.2) is 8.42 Å². The minimum absolute atomic E-state index is 0.0858. The summed E-state index contributed by atoms with van der Waals surface area (Å²) in [6, 6.07) is 3.95. The molecule has 1 aromatic carbocycles. The van der Waals surface area contributed by atoms with Gasteiger partial charge in [0.1, 0.15) is 5.75 Å². The number of rotatable bonds is 4. The molecular weight excluding hydrogens is 343 g/mol. The lowest BCUT2D eigenvalue weighted by Gasteiger charge is -2.22. The molecule has 0 amide bonds. The molecule has 0 saturated heterocycles. The molecule has 0 atom stereocenters. The molecule has 0 unspecified atom stereocenters. The first-order valence-corrected chi connectivity index (χ1v) is 8.97. The van der Waals surface area contributed by atoms with Gasteiger partial charge in [-0.2, -0.15) is 13.2 Å². The van der Waals surface area contributed by atoms with Crippen LogP contribution in [0.4, 0.5) is 13.2 Å². The number of ether oxygens (including phenoxy) is 1. The molecule has 0 aromatic heterocycles. The van der Waals surface area contributed by atoms with Gasteiger partial charge in [-0.1, -0.05) is 11.6 Å². The Labute approximate surface area is 139 Å². The quantitative estimate of drug-likeness (QED) is 0.826. The van der Waals surface area contributed by atoms with Crippen molar-refractivity contribution in [3.63, 3.8) is 0 Å². The first kappa shape index (κ1) is 18.4. The van der Waals surface area contributed by atoms with E-state index in [1.54, 1.807) is 0 Å². The minimum atomic E-state index is -4.50. The largest absolute Gasteiger partial charge is 0.484 e. The van der Waals surface area contributed by atoms with Crippen LogP contribution in [0.25, 0.3) is 5.57 Å². The molecule has 4 nitrogen and oxygen atoms in total. The first-order valence-electron chi connectivity index (χ1n) is 7.08. The molecule has 0 fully saturated rings. The van der Waals surface area contributed by atoms with Crippen molar-refractivity contribution in [2.45, 2.75) is 18.0 Å². The number of hydrogen-bond acceptors (Lipinski definition) is 4. The van der Waals surface area contributed by atoms with E-state index in [1.165, 1.54) is 12.1 Å². The Bertz CT molecular complexity index is 795. The average Bonchev–Trinajstić information content (AvgIpc) is 2.42. The molecule has 8 heteroatoms. The van der Waals surface area contributed by atoms with E-state index in [-0.39, 0.29) is 10.6 Å². The Hall–Kier alpha value is -1.96. The molecule has 24 heavy (non-hydrogen) atoms. The van der Waals surface area contributed by atoms with E-state index in [9.17, 15) is 21.6 Å². The van der Waals surface area contributed by atoms with Crippen LogP contribution in [0, 0.1) is 0 Å². The van der Waals surface area contributed by atoms with Gasteiger partial charge in [0.05, 0.1) is 4.90 Å². The molecule has 0 N–H and O–H groups in total. The number of halogens is 3. The van der Waals surface area contributed by atoms with Crippen LogP contribution in [0.5, 0.6) is 5.75 Å². The molecular formula is C16H18F3NO3S. The Balaban J connectivity index is 2.48. The van der Waals surface area contributed by atoms with E-state index in [0.29, 0.717) is 11.1 Å². The third-order valence-electron chi connectivity index (χ3n) is 3.30. The van der Waals surface area contributed by atoms with Crippen molar-refractivity contribution in [1.29, 1.82) is 0 Å². The number of hydrogen-bond donors (Lipinski definition) is 0. The van der Waals surface area contributed by atoms with Crippen molar-refractivity contribution >= 4 is 15.4 Å². The highest BCUT2D eigenvalue weighted by Gasteiger charge is 2.28. The summed E-state index contributed by atoms with van der Waals surface area (Å²) in [5.41, 5.74) is 2.25. The molecule has 1 aliphatic heterocycles. The van der Waals surface area contributed by atoms with Gasteiger partial charge in [0, 0.05) is 26.0 Å². The number of allylic oxidation sites excluding steroid dienone is 2. The van der Waals surface area contributed by atoms with E-state index in [4.69, 9.17) is 4.74 Å². The summed E-state index contributed by atoms with van der Waals surface area (Å²) in [7, 11) is -1.73. The lowest BCUT2D eigenvalue weighted by Crippen LogP contribution is -2.19. The van der Waals surface area contributed by atoms with Crippen LogP contribution in [0.1, 0.15) is 12.5 Å². The normalized spacial score (nSPS) is 15.8. The Morgan fingerprint density at radius 3 is 2.46 bits per heavy atom. The summed E-state index contributed by atoms with van der Waals surface area (Å²) >= 11 is 0. The maximum atomic E-state index is 12.4. The van der Waals surface area contributed by atoms with Crippen LogP contribution in [0.15, 0.2) is 40.9 Å². The summed E-state index contributed by atoms with van der Waals surface area (Å²) < 4.78 is 65.5. The molecule has 2 rings (SSSR count). The first-order chi connectivity index (χ1) is 10.9. The van der Waals surface area contributed by atoms with Gasteiger partial charge in [-0.05, 0) is 36.3 Å². The number of sulfone groups is 1. The van der Waals surface area contributed by atoms with Crippen LogP contribution >= 0.6 is 0 Å². The second-order valence-electron chi connectivity index (χ2n) is 5.86. The number of benzene rings is 1. The topological polar surface area (TPSA) is 46.6 Å². The van der Waals surface area contributed by atoms with E-state index < -0.39 is 22.6 Å². The highest BCUT2D eigenvalue weighted by Crippen LogP contribution is 2.30. The van der Waals surface area contributed by atoms with Gasteiger partial charge in [-0.15, -0.1) is 0 Å². The van der Waals surface area contributed by atoms with Gasteiger partial charge in [-0.3, -0.25) is 0 Å². The third-order valence-corrected chi connectivity index (χ3v) is 4.40. The molecule has 0 radical (unpaired) electrons.